The summed E-state index contributed by atoms with van der Waals surface area (Å²) in [7, 11) is 0. The van der Waals surface area contributed by atoms with Crippen molar-refractivity contribution in [2.75, 3.05) is 13.1 Å². The Kier molecular flexibility index (Phi) is 5.05. The molecule has 1 fully saturated rings. The van der Waals surface area contributed by atoms with Gasteiger partial charge < -0.3 is 9.64 Å². The van der Waals surface area contributed by atoms with E-state index in [-0.39, 0.29) is 17.9 Å². The standard InChI is InChI=1S/C15H17F3N2O2/c1-2-3-14(21)20-8-6-12(7-9-20)22-13-5-4-11(10-19-13)15(16,17)18/h2-5,10,12H,6-9H2,1H3. The number of carbonyl (C=O) groups excluding carboxylic acids is 1. The summed E-state index contributed by atoms with van der Waals surface area (Å²) >= 11 is 0. The molecule has 4 nitrogen and oxygen atoms in total. The molecule has 0 spiro atoms. The van der Waals surface area contributed by atoms with E-state index in [4.69, 9.17) is 4.74 Å². The highest BCUT2D eigenvalue weighted by Crippen LogP contribution is 2.29. The number of likely N-dealkylation sites (tertiary alicyclic amines) is 1. The maximum Gasteiger partial charge on any atom is 0.417 e. The molecule has 0 saturated carbocycles. The number of amides is 1. The molecule has 2 rings (SSSR count). The van der Waals surface area contributed by atoms with Gasteiger partial charge in [-0.15, -0.1) is 0 Å². The Balaban J connectivity index is 1.87. The van der Waals surface area contributed by atoms with Crippen LogP contribution in [0.5, 0.6) is 5.88 Å². The molecule has 0 atom stereocenters. The molecule has 1 aliphatic heterocycles. The zero-order chi connectivity index (χ0) is 16.2. The number of halogens is 3. The number of piperidine rings is 1. The van der Waals surface area contributed by atoms with Crippen LogP contribution in [0.1, 0.15) is 25.3 Å². The quantitative estimate of drug-likeness (QED) is 0.805. The minimum absolute atomic E-state index is 0.0337. The molecule has 22 heavy (non-hydrogen) atoms. The number of rotatable bonds is 3. The summed E-state index contributed by atoms with van der Waals surface area (Å²) in [6.07, 6.45) is 0.691. The van der Waals surface area contributed by atoms with Crippen LogP contribution in [-0.4, -0.2) is 35.0 Å². The zero-order valence-electron chi connectivity index (χ0n) is 12.1. The van der Waals surface area contributed by atoms with Crippen LogP contribution in [0.3, 0.4) is 0 Å². The number of nitrogens with zero attached hydrogens (tertiary/aromatic N) is 2. The first-order chi connectivity index (χ1) is 10.4. The van der Waals surface area contributed by atoms with Crippen molar-refractivity contribution in [3.8, 4) is 5.88 Å². The van der Waals surface area contributed by atoms with Crippen LogP contribution < -0.4 is 4.74 Å². The number of alkyl halides is 3. The first-order valence-corrected chi connectivity index (χ1v) is 7.01. The fourth-order valence-corrected chi connectivity index (χ4v) is 2.23. The highest BCUT2D eigenvalue weighted by atomic mass is 19.4. The number of aromatic nitrogens is 1. The average Bonchev–Trinajstić information content (AvgIpc) is 2.48. The lowest BCUT2D eigenvalue weighted by atomic mass is 10.1. The molecule has 1 amide bonds. The van der Waals surface area contributed by atoms with Gasteiger partial charge in [0.2, 0.25) is 11.8 Å². The zero-order valence-corrected chi connectivity index (χ0v) is 12.1. The highest BCUT2D eigenvalue weighted by molar-refractivity contribution is 5.87. The van der Waals surface area contributed by atoms with E-state index < -0.39 is 11.7 Å². The molecule has 0 aliphatic carbocycles. The smallest absolute Gasteiger partial charge is 0.417 e. The molecule has 1 aromatic heterocycles. The number of hydrogen-bond donors (Lipinski definition) is 0. The van der Waals surface area contributed by atoms with Crippen molar-refractivity contribution in [3.05, 3.63) is 36.0 Å². The van der Waals surface area contributed by atoms with Gasteiger partial charge in [-0.1, -0.05) is 6.08 Å². The van der Waals surface area contributed by atoms with Crippen LogP contribution in [0, 0.1) is 0 Å². The van der Waals surface area contributed by atoms with E-state index in [0.717, 1.165) is 12.3 Å². The molecule has 0 radical (unpaired) electrons. The Labute approximate surface area is 126 Å². The Morgan fingerprint density at radius 2 is 2.05 bits per heavy atom. The van der Waals surface area contributed by atoms with E-state index in [1.54, 1.807) is 17.9 Å². The van der Waals surface area contributed by atoms with Crippen LogP contribution in [-0.2, 0) is 11.0 Å². The normalized spacial score (nSPS) is 17.0. The number of carbonyl (C=O) groups is 1. The Morgan fingerprint density at radius 3 is 2.55 bits per heavy atom. The molecule has 1 aromatic rings. The van der Waals surface area contributed by atoms with Gasteiger partial charge in [0.25, 0.3) is 0 Å². The molecule has 7 heteroatoms. The monoisotopic (exact) mass is 314 g/mol. The third-order valence-electron chi connectivity index (χ3n) is 3.41. The lowest BCUT2D eigenvalue weighted by Gasteiger charge is -2.31. The van der Waals surface area contributed by atoms with Gasteiger partial charge in [0, 0.05) is 38.2 Å². The molecule has 0 unspecified atom stereocenters. The Bertz CT molecular complexity index is 533. The molecule has 2 heterocycles. The first kappa shape index (κ1) is 16.3. The lowest BCUT2D eigenvalue weighted by Crippen LogP contribution is -2.41. The summed E-state index contributed by atoms with van der Waals surface area (Å²) in [6.45, 7) is 2.91. The molecule has 0 bridgehead atoms. The van der Waals surface area contributed by atoms with Crippen LogP contribution in [0.15, 0.2) is 30.5 Å². The van der Waals surface area contributed by atoms with Gasteiger partial charge >= 0.3 is 6.18 Å². The predicted molar refractivity (Wildman–Crippen MR) is 74.3 cm³/mol. The topological polar surface area (TPSA) is 42.4 Å². The minimum Gasteiger partial charge on any atom is -0.474 e. The second-order valence-electron chi connectivity index (χ2n) is 5.03. The Morgan fingerprint density at radius 1 is 1.36 bits per heavy atom. The van der Waals surface area contributed by atoms with E-state index in [1.807, 2.05) is 0 Å². The largest absolute Gasteiger partial charge is 0.474 e. The summed E-state index contributed by atoms with van der Waals surface area (Å²) in [4.78, 5) is 17.1. The molecule has 120 valence electrons. The van der Waals surface area contributed by atoms with Crippen LogP contribution in [0.4, 0.5) is 13.2 Å². The van der Waals surface area contributed by atoms with Crippen LogP contribution in [0.2, 0.25) is 0 Å². The van der Waals surface area contributed by atoms with Crippen molar-refractivity contribution < 1.29 is 22.7 Å². The van der Waals surface area contributed by atoms with E-state index in [1.165, 1.54) is 12.1 Å². The van der Waals surface area contributed by atoms with Crippen molar-refractivity contribution in [2.45, 2.75) is 32.0 Å². The molecule has 0 aromatic carbocycles. The van der Waals surface area contributed by atoms with Crippen LogP contribution >= 0.6 is 0 Å². The third kappa shape index (κ3) is 4.22. The molecule has 1 saturated heterocycles. The Hall–Kier alpha value is -2.05. The number of allylic oxidation sites excluding steroid dienone is 1. The number of ether oxygens (including phenoxy) is 1. The maximum atomic E-state index is 12.4. The van der Waals surface area contributed by atoms with E-state index in [2.05, 4.69) is 4.98 Å². The SMILES string of the molecule is CC=CC(=O)N1CCC(Oc2ccc(C(F)(F)F)cn2)CC1. The lowest BCUT2D eigenvalue weighted by molar-refractivity contribution is -0.137. The highest BCUT2D eigenvalue weighted by Gasteiger charge is 2.31. The summed E-state index contributed by atoms with van der Waals surface area (Å²) in [5, 5.41) is 0. The van der Waals surface area contributed by atoms with Gasteiger partial charge in [-0.25, -0.2) is 4.98 Å². The molecule has 1 aliphatic rings. The molecular weight excluding hydrogens is 297 g/mol. The predicted octanol–water partition coefficient (Wildman–Crippen LogP) is 3.05. The van der Waals surface area contributed by atoms with Crippen molar-refractivity contribution in [1.82, 2.24) is 9.88 Å². The summed E-state index contributed by atoms with van der Waals surface area (Å²) in [6, 6.07) is 2.17. The van der Waals surface area contributed by atoms with Crippen molar-refractivity contribution in [2.24, 2.45) is 0 Å². The van der Waals surface area contributed by atoms with Crippen molar-refractivity contribution in [3.63, 3.8) is 0 Å². The van der Waals surface area contributed by atoms with Gasteiger partial charge in [0.1, 0.15) is 6.10 Å². The summed E-state index contributed by atoms with van der Waals surface area (Å²) < 4.78 is 42.9. The molecular formula is C15H17F3N2O2. The van der Waals surface area contributed by atoms with Gasteiger partial charge in [-0.3, -0.25) is 4.79 Å². The second kappa shape index (κ2) is 6.81. The second-order valence-corrected chi connectivity index (χ2v) is 5.03. The minimum atomic E-state index is -4.40. The van der Waals surface area contributed by atoms with Gasteiger partial charge in [-0.05, 0) is 19.1 Å². The first-order valence-electron chi connectivity index (χ1n) is 7.01. The third-order valence-corrected chi connectivity index (χ3v) is 3.41. The van der Waals surface area contributed by atoms with E-state index in [9.17, 15) is 18.0 Å². The number of pyridine rings is 1. The fraction of sp³-hybridized carbons (Fsp3) is 0.467. The van der Waals surface area contributed by atoms with E-state index >= 15 is 0 Å². The van der Waals surface area contributed by atoms with Gasteiger partial charge in [-0.2, -0.15) is 13.2 Å². The van der Waals surface area contributed by atoms with Crippen molar-refractivity contribution in [1.29, 1.82) is 0 Å². The fourth-order valence-electron chi connectivity index (χ4n) is 2.23. The van der Waals surface area contributed by atoms with E-state index in [0.29, 0.717) is 25.9 Å². The maximum absolute atomic E-state index is 12.4. The van der Waals surface area contributed by atoms with Gasteiger partial charge in [0.05, 0.1) is 5.56 Å². The average molecular weight is 314 g/mol. The van der Waals surface area contributed by atoms with Crippen LogP contribution in [0.25, 0.3) is 0 Å². The summed E-state index contributed by atoms with van der Waals surface area (Å²) in [5.74, 6) is 0.139. The number of hydrogen-bond acceptors (Lipinski definition) is 3. The van der Waals surface area contributed by atoms with Gasteiger partial charge in [0.15, 0.2) is 0 Å². The molecule has 0 N–H and O–H groups in total. The van der Waals surface area contributed by atoms with Crippen molar-refractivity contribution >= 4 is 5.91 Å². The summed E-state index contributed by atoms with van der Waals surface area (Å²) in [5.41, 5.74) is -0.799.